The molecule has 0 aliphatic carbocycles. The molecule has 0 aliphatic heterocycles. The number of benzene rings is 1. The van der Waals surface area contributed by atoms with Crippen molar-refractivity contribution < 1.29 is 19.0 Å². The number of carbonyl (C=O) groups is 1. The normalized spacial score (nSPS) is 11.4. The molecule has 1 aromatic carbocycles. The summed E-state index contributed by atoms with van der Waals surface area (Å²) in [5.74, 6) is 0.773. The molecule has 0 atom stereocenters. The molecule has 0 aliphatic rings. The number of hydrogen-bond acceptors (Lipinski definition) is 5. The van der Waals surface area contributed by atoms with Gasteiger partial charge in [-0.3, -0.25) is 5.32 Å². The van der Waals surface area contributed by atoms with Crippen LogP contribution in [0.25, 0.3) is 22.3 Å². The molecule has 1 amide bonds. The SMILES string of the molecule is COCCOc1cccc(-c2cc3cc(NC(=O)OCC(C)(C)C)cnc3[nH]2)c1. The highest BCUT2D eigenvalue weighted by atomic mass is 16.5. The summed E-state index contributed by atoms with van der Waals surface area (Å²) in [6, 6.07) is 11.7. The van der Waals surface area contributed by atoms with Gasteiger partial charge in [-0.1, -0.05) is 32.9 Å². The molecule has 7 nitrogen and oxygen atoms in total. The van der Waals surface area contributed by atoms with Crippen LogP contribution in [-0.4, -0.2) is 43.0 Å². The fourth-order valence-electron chi connectivity index (χ4n) is 2.67. The fourth-order valence-corrected chi connectivity index (χ4v) is 2.67. The summed E-state index contributed by atoms with van der Waals surface area (Å²) in [7, 11) is 1.64. The van der Waals surface area contributed by atoms with E-state index < -0.39 is 6.09 Å². The van der Waals surface area contributed by atoms with Crippen LogP contribution in [0.2, 0.25) is 0 Å². The van der Waals surface area contributed by atoms with Gasteiger partial charge in [-0.15, -0.1) is 0 Å². The molecule has 0 spiro atoms. The fraction of sp³-hybridized carbons (Fsp3) is 0.364. The van der Waals surface area contributed by atoms with E-state index in [1.165, 1.54) is 0 Å². The van der Waals surface area contributed by atoms with Crippen molar-refractivity contribution in [2.24, 2.45) is 5.41 Å². The van der Waals surface area contributed by atoms with E-state index in [4.69, 9.17) is 14.2 Å². The molecular formula is C22H27N3O4. The first-order valence-electron chi connectivity index (χ1n) is 9.49. The Morgan fingerprint density at radius 3 is 2.76 bits per heavy atom. The molecule has 0 saturated carbocycles. The van der Waals surface area contributed by atoms with Gasteiger partial charge in [0.2, 0.25) is 0 Å². The highest BCUT2D eigenvalue weighted by molar-refractivity contribution is 5.90. The quantitative estimate of drug-likeness (QED) is 0.557. The predicted molar refractivity (Wildman–Crippen MR) is 113 cm³/mol. The number of nitrogens with one attached hydrogen (secondary N) is 2. The average Bonchev–Trinajstić information content (AvgIpc) is 3.10. The smallest absolute Gasteiger partial charge is 0.411 e. The number of rotatable bonds is 7. The van der Waals surface area contributed by atoms with E-state index in [0.717, 1.165) is 28.0 Å². The second-order valence-electron chi connectivity index (χ2n) is 7.98. The van der Waals surface area contributed by atoms with E-state index in [2.05, 4.69) is 15.3 Å². The number of ether oxygens (including phenoxy) is 3. The van der Waals surface area contributed by atoms with Crippen molar-refractivity contribution in [1.29, 1.82) is 0 Å². The minimum atomic E-state index is -0.488. The molecule has 0 unspecified atom stereocenters. The van der Waals surface area contributed by atoms with Crippen LogP contribution in [0.4, 0.5) is 10.5 Å². The average molecular weight is 397 g/mol. The maximum atomic E-state index is 12.0. The zero-order valence-electron chi connectivity index (χ0n) is 17.2. The summed E-state index contributed by atoms with van der Waals surface area (Å²) >= 11 is 0. The lowest BCUT2D eigenvalue weighted by molar-refractivity contribution is 0.118. The number of methoxy groups -OCH3 is 1. The number of carbonyl (C=O) groups excluding carboxylic acids is 1. The third-order valence-corrected chi connectivity index (χ3v) is 4.05. The standard InChI is InChI=1S/C22H27N3O4/c1-22(2,3)14-29-21(26)24-17-10-16-12-19(25-20(16)23-13-17)15-6-5-7-18(11-15)28-9-8-27-4/h5-7,10-13H,8-9,14H2,1-4H3,(H,23,25)(H,24,26). The lowest BCUT2D eigenvalue weighted by atomic mass is 9.99. The molecule has 0 saturated heterocycles. The minimum absolute atomic E-state index is 0.0864. The molecule has 154 valence electrons. The number of amides is 1. The molecule has 2 aromatic heterocycles. The maximum absolute atomic E-state index is 12.0. The number of hydrogen-bond donors (Lipinski definition) is 2. The predicted octanol–water partition coefficient (Wildman–Crippen LogP) is 4.85. The van der Waals surface area contributed by atoms with Crippen molar-refractivity contribution in [3.05, 3.63) is 42.6 Å². The second kappa shape index (κ2) is 8.96. The van der Waals surface area contributed by atoms with Crippen molar-refractivity contribution in [3.8, 4) is 17.0 Å². The Hall–Kier alpha value is -3.06. The first-order valence-corrected chi connectivity index (χ1v) is 9.49. The molecule has 7 heteroatoms. The number of aromatic amines is 1. The van der Waals surface area contributed by atoms with Crippen LogP contribution in [0.5, 0.6) is 5.75 Å². The molecule has 0 radical (unpaired) electrons. The third kappa shape index (κ3) is 5.96. The van der Waals surface area contributed by atoms with Crippen LogP contribution in [0.1, 0.15) is 20.8 Å². The van der Waals surface area contributed by atoms with Gasteiger partial charge in [-0.2, -0.15) is 0 Å². The molecular weight excluding hydrogens is 370 g/mol. The zero-order chi connectivity index (χ0) is 20.9. The van der Waals surface area contributed by atoms with E-state index in [0.29, 0.717) is 25.5 Å². The van der Waals surface area contributed by atoms with Crippen LogP contribution >= 0.6 is 0 Å². The number of H-pyrrole nitrogens is 1. The van der Waals surface area contributed by atoms with Crippen LogP contribution in [0.15, 0.2) is 42.6 Å². The van der Waals surface area contributed by atoms with Gasteiger partial charge in [0, 0.05) is 23.8 Å². The summed E-state index contributed by atoms with van der Waals surface area (Å²) in [5.41, 5.74) is 3.13. The number of fused-ring (bicyclic) bond motifs is 1. The summed E-state index contributed by atoms with van der Waals surface area (Å²) < 4.78 is 15.9. The summed E-state index contributed by atoms with van der Waals surface area (Å²) in [4.78, 5) is 19.7. The van der Waals surface area contributed by atoms with Crippen molar-refractivity contribution in [1.82, 2.24) is 9.97 Å². The second-order valence-corrected chi connectivity index (χ2v) is 7.98. The lowest BCUT2D eigenvalue weighted by Crippen LogP contribution is -2.21. The minimum Gasteiger partial charge on any atom is -0.491 e. The van der Waals surface area contributed by atoms with Crippen molar-refractivity contribution in [3.63, 3.8) is 0 Å². The van der Waals surface area contributed by atoms with Crippen LogP contribution < -0.4 is 10.1 Å². The largest absolute Gasteiger partial charge is 0.491 e. The molecule has 3 rings (SSSR count). The third-order valence-electron chi connectivity index (χ3n) is 4.05. The Balaban J connectivity index is 1.72. The van der Waals surface area contributed by atoms with Gasteiger partial charge in [-0.05, 0) is 29.7 Å². The van der Waals surface area contributed by atoms with E-state index in [9.17, 15) is 4.79 Å². The first-order chi connectivity index (χ1) is 13.8. The van der Waals surface area contributed by atoms with Crippen molar-refractivity contribution in [2.75, 3.05) is 32.2 Å². The van der Waals surface area contributed by atoms with Crippen molar-refractivity contribution >= 4 is 22.8 Å². The first kappa shape index (κ1) is 20.7. The van der Waals surface area contributed by atoms with Crippen molar-refractivity contribution in [2.45, 2.75) is 20.8 Å². The molecule has 0 fully saturated rings. The summed E-state index contributed by atoms with van der Waals surface area (Å²) in [5, 5.41) is 3.61. The molecule has 2 N–H and O–H groups in total. The van der Waals surface area contributed by atoms with Gasteiger partial charge in [0.1, 0.15) is 18.0 Å². The van der Waals surface area contributed by atoms with Crippen LogP contribution in [0, 0.1) is 5.41 Å². The molecule has 0 bridgehead atoms. The molecule has 3 aromatic rings. The number of nitrogens with zero attached hydrogens (tertiary/aromatic N) is 1. The Morgan fingerprint density at radius 2 is 2.00 bits per heavy atom. The van der Waals surface area contributed by atoms with Crippen LogP contribution in [-0.2, 0) is 9.47 Å². The number of pyridine rings is 1. The Morgan fingerprint density at radius 1 is 1.17 bits per heavy atom. The summed E-state index contributed by atoms with van der Waals surface area (Å²) in [6.07, 6.45) is 1.11. The van der Waals surface area contributed by atoms with Gasteiger partial charge in [0.25, 0.3) is 0 Å². The lowest BCUT2D eigenvalue weighted by Gasteiger charge is -2.17. The van der Waals surface area contributed by atoms with E-state index >= 15 is 0 Å². The number of anilines is 1. The molecule has 2 heterocycles. The van der Waals surface area contributed by atoms with Gasteiger partial charge in [-0.25, -0.2) is 9.78 Å². The Kier molecular flexibility index (Phi) is 6.39. The van der Waals surface area contributed by atoms with Gasteiger partial charge < -0.3 is 19.2 Å². The topological polar surface area (TPSA) is 85.5 Å². The van der Waals surface area contributed by atoms with Gasteiger partial charge >= 0.3 is 6.09 Å². The Bertz CT molecular complexity index is 976. The van der Waals surface area contributed by atoms with E-state index in [1.54, 1.807) is 13.3 Å². The van der Waals surface area contributed by atoms with Gasteiger partial charge in [0.05, 0.1) is 25.1 Å². The monoisotopic (exact) mass is 397 g/mol. The highest BCUT2D eigenvalue weighted by Crippen LogP contribution is 2.27. The molecule has 29 heavy (non-hydrogen) atoms. The summed E-state index contributed by atoms with van der Waals surface area (Å²) in [6.45, 7) is 7.39. The zero-order valence-corrected chi connectivity index (χ0v) is 17.2. The maximum Gasteiger partial charge on any atom is 0.411 e. The Labute approximate surface area is 170 Å². The van der Waals surface area contributed by atoms with Gasteiger partial charge in [0.15, 0.2) is 0 Å². The number of aromatic nitrogens is 2. The van der Waals surface area contributed by atoms with E-state index in [1.807, 2.05) is 57.2 Å². The van der Waals surface area contributed by atoms with E-state index in [-0.39, 0.29) is 5.41 Å². The van der Waals surface area contributed by atoms with Crippen LogP contribution in [0.3, 0.4) is 0 Å². The highest BCUT2D eigenvalue weighted by Gasteiger charge is 2.14.